The van der Waals surface area contributed by atoms with Crippen molar-refractivity contribution in [3.63, 3.8) is 0 Å². The molecule has 0 fully saturated rings. The molecular formula is C13H15N3S. The van der Waals surface area contributed by atoms with Crippen LogP contribution in [0.5, 0.6) is 0 Å². The van der Waals surface area contributed by atoms with Gasteiger partial charge >= 0.3 is 0 Å². The Morgan fingerprint density at radius 3 is 2.76 bits per heavy atom. The van der Waals surface area contributed by atoms with Crippen LogP contribution in [0, 0.1) is 18.5 Å². The lowest BCUT2D eigenvalue weighted by molar-refractivity contribution is 0.925. The molecule has 0 saturated carbocycles. The maximum atomic E-state index is 5.28. The molecule has 1 N–H and O–H groups in total. The van der Waals surface area contributed by atoms with Crippen LogP contribution in [0.25, 0.3) is 11.3 Å². The Hall–Kier alpha value is -1.55. The van der Waals surface area contributed by atoms with Gasteiger partial charge in [0.2, 0.25) is 0 Å². The van der Waals surface area contributed by atoms with Gasteiger partial charge in [0.05, 0.1) is 5.69 Å². The fraction of sp³-hybridized carbons (Fsp3) is 0.308. The third kappa shape index (κ3) is 2.42. The summed E-state index contributed by atoms with van der Waals surface area (Å²) in [5.74, 6) is 0.921. The van der Waals surface area contributed by atoms with Gasteiger partial charge in [-0.3, -0.25) is 4.98 Å². The number of aryl methyl sites for hydroxylation is 2. The highest BCUT2D eigenvalue weighted by Gasteiger charge is 2.06. The SMILES string of the molecule is CCc1nc(=S)c(C)c(-c2ccnc(C)c2)[nH]1. The van der Waals surface area contributed by atoms with Gasteiger partial charge in [0, 0.05) is 29.4 Å². The van der Waals surface area contributed by atoms with Crippen molar-refractivity contribution in [1.29, 1.82) is 0 Å². The predicted molar refractivity (Wildman–Crippen MR) is 71.5 cm³/mol. The van der Waals surface area contributed by atoms with Crippen molar-refractivity contribution in [1.82, 2.24) is 15.0 Å². The van der Waals surface area contributed by atoms with Crippen molar-refractivity contribution in [3.8, 4) is 11.3 Å². The molecular weight excluding hydrogens is 230 g/mol. The normalized spacial score (nSPS) is 10.5. The van der Waals surface area contributed by atoms with E-state index in [1.807, 2.05) is 32.2 Å². The average Bonchev–Trinajstić information content (AvgIpc) is 2.32. The summed E-state index contributed by atoms with van der Waals surface area (Å²) in [5.41, 5.74) is 4.17. The molecule has 3 nitrogen and oxygen atoms in total. The van der Waals surface area contributed by atoms with E-state index in [1.165, 1.54) is 0 Å². The monoisotopic (exact) mass is 245 g/mol. The van der Waals surface area contributed by atoms with Crippen LogP contribution in [-0.4, -0.2) is 15.0 Å². The zero-order chi connectivity index (χ0) is 12.4. The Balaban J connectivity index is 2.66. The molecule has 0 saturated heterocycles. The van der Waals surface area contributed by atoms with E-state index < -0.39 is 0 Å². The number of aromatic nitrogens is 3. The number of nitrogens with zero attached hydrogens (tertiary/aromatic N) is 2. The number of pyridine rings is 1. The van der Waals surface area contributed by atoms with Crippen molar-refractivity contribution in [2.24, 2.45) is 0 Å². The van der Waals surface area contributed by atoms with Crippen LogP contribution in [0.4, 0.5) is 0 Å². The minimum atomic E-state index is 0.671. The van der Waals surface area contributed by atoms with E-state index in [0.29, 0.717) is 4.64 Å². The smallest absolute Gasteiger partial charge is 0.133 e. The first-order chi connectivity index (χ1) is 8.11. The quantitative estimate of drug-likeness (QED) is 0.825. The van der Waals surface area contributed by atoms with Crippen molar-refractivity contribution in [2.75, 3.05) is 0 Å². The molecule has 0 aliphatic carbocycles. The number of aromatic amines is 1. The van der Waals surface area contributed by atoms with Gasteiger partial charge in [-0.05, 0) is 26.0 Å². The first-order valence-corrected chi connectivity index (χ1v) is 6.05. The van der Waals surface area contributed by atoms with E-state index in [9.17, 15) is 0 Å². The Kier molecular flexibility index (Phi) is 3.33. The van der Waals surface area contributed by atoms with Crippen LogP contribution >= 0.6 is 12.2 Å². The highest BCUT2D eigenvalue weighted by atomic mass is 32.1. The van der Waals surface area contributed by atoms with Crippen molar-refractivity contribution < 1.29 is 0 Å². The van der Waals surface area contributed by atoms with Crippen LogP contribution in [0.3, 0.4) is 0 Å². The molecule has 0 amide bonds. The molecule has 0 radical (unpaired) electrons. The van der Waals surface area contributed by atoms with Gasteiger partial charge in [0.15, 0.2) is 0 Å². The summed E-state index contributed by atoms with van der Waals surface area (Å²) in [5, 5.41) is 0. The highest BCUT2D eigenvalue weighted by Crippen LogP contribution is 2.21. The lowest BCUT2D eigenvalue weighted by Gasteiger charge is -2.09. The first-order valence-electron chi connectivity index (χ1n) is 5.64. The van der Waals surface area contributed by atoms with E-state index in [-0.39, 0.29) is 0 Å². The second-order valence-electron chi connectivity index (χ2n) is 4.03. The average molecular weight is 245 g/mol. The van der Waals surface area contributed by atoms with Crippen LogP contribution in [0.15, 0.2) is 18.3 Å². The van der Waals surface area contributed by atoms with Gasteiger partial charge in [0.1, 0.15) is 10.5 Å². The van der Waals surface area contributed by atoms with Gasteiger partial charge in [-0.25, -0.2) is 4.98 Å². The fourth-order valence-electron chi connectivity index (χ4n) is 1.74. The van der Waals surface area contributed by atoms with E-state index in [4.69, 9.17) is 12.2 Å². The molecule has 4 heteroatoms. The summed E-state index contributed by atoms with van der Waals surface area (Å²) in [6, 6.07) is 4.03. The maximum absolute atomic E-state index is 5.28. The van der Waals surface area contributed by atoms with E-state index in [2.05, 4.69) is 21.9 Å². The van der Waals surface area contributed by atoms with E-state index in [1.54, 1.807) is 0 Å². The Morgan fingerprint density at radius 1 is 1.35 bits per heavy atom. The molecule has 2 heterocycles. The lowest BCUT2D eigenvalue weighted by atomic mass is 10.1. The summed E-state index contributed by atoms with van der Waals surface area (Å²) >= 11 is 5.28. The van der Waals surface area contributed by atoms with Gasteiger partial charge in [-0.15, -0.1) is 0 Å². The molecule has 0 bridgehead atoms. The molecule has 0 unspecified atom stereocenters. The minimum absolute atomic E-state index is 0.671. The molecule has 2 rings (SSSR count). The largest absolute Gasteiger partial charge is 0.343 e. The third-order valence-corrected chi connectivity index (χ3v) is 3.12. The molecule has 0 spiro atoms. The zero-order valence-electron chi connectivity index (χ0n) is 10.2. The highest BCUT2D eigenvalue weighted by molar-refractivity contribution is 7.71. The molecule has 17 heavy (non-hydrogen) atoms. The second kappa shape index (κ2) is 4.75. The molecule has 0 aliphatic rings. The van der Waals surface area contributed by atoms with Gasteiger partial charge in [-0.1, -0.05) is 19.1 Å². The van der Waals surface area contributed by atoms with Crippen molar-refractivity contribution in [3.05, 3.63) is 40.1 Å². The maximum Gasteiger partial charge on any atom is 0.133 e. The van der Waals surface area contributed by atoms with Gasteiger partial charge in [-0.2, -0.15) is 0 Å². The van der Waals surface area contributed by atoms with E-state index in [0.717, 1.165) is 34.8 Å². The second-order valence-corrected chi connectivity index (χ2v) is 4.41. The zero-order valence-corrected chi connectivity index (χ0v) is 11.1. The molecule has 2 aromatic rings. The standard InChI is InChI=1S/C13H15N3S/c1-4-11-15-12(9(3)13(17)16-11)10-5-6-14-8(2)7-10/h5-7H,4H2,1-3H3,(H,15,16,17). The summed E-state index contributed by atoms with van der Waals surface area (Å²) in [6.45, 7) is 6.04. The topological polar surface area (TPSA) is 41.6 Å². The summed E-state index contributed by atoms with van der Waals surface area (Å²) < 4.78 is 0.671. The van der Waals surface area contributed by atoms with Crippen LogP contribution in [0.2, 0.25) is 0 Å². The Labute approximate surface area is 106 Å². The van der Waals surface area contributed by atoms with Gasteiger partial charge < -0.3 is 4.98 Å². The molecule has 0 aliphatic heterocycles. The fourth-order valence-corrected chi connectivity index (χ4v) is 1.95. The lowest BCUT2D eigenvalue weighted by Crippen LogP contribution is -1.99. The molecule has 2 aromatic heterocycles. The number of hydrogen-bond acceptors (Lipinski definition) is 3. The van der Waals surface area contributed by atoms with Crippen LogP contribution < -0.4 is 0 Å². The Bertz CT molecular complexity index is 602. The molecule has 0 atom stereocenters. The predicted octanol–water partition coefficient (Wildman–Crippen LogP) is 3.38. The number of H-pyrrole nitrogens is 1. The number of hydrogen-bond donors (Lipinski definition) is 1. The minimum Gasteiger partial charge on any atom is -0.343 e. The van der Waals surface area contributed by atoms with E-state index >= 15 is 0 Å². The van der Waals surface area contributed by atoms with Crippen LogP contribution in [0.1, 0.15) is 24.0 Å². The summed E-state index contributed by atoms with van der Waals surface area (Å²) in [7, 11) is 0. The third-order valence-electron chi connectivity index (χ3n) is 2.72. The van der Waals surface area contributed by atoms with Crippen LogP contribution in [-0.2, 0) is 6.42 Å². The van der Waals surface area contributed by atoms with Gasteiger partial charge in [0.25, 0.3) is 0 Å². The number of nitrogens with one attached hydrogen (secondary N) is 1. The molecule has 0 aromatic carbocycles. The summed E-state index contributed by atoms with van der Waals surface area (Å²) in [4.78, 5) is 11.9. The Morgan fingerprint density at radius 2 is 2.12 bits per heavy atom. The number of rotatable bonds is 2. The summed E-state index contributed by atoms with van der Waals surface area (Å²) in [6.07, 6.45) is 2.66. The first kappa shape index (κ1) is 11.9. The van der Waals surface area contributed by atoms with Crippen molar-refractivity contribution >= 4 is 12.2 Å². The molecule has 88 valence electrons. The van der Waals surface area contributed by atoms with Crippen molar-refractivity contribution in [2.45, 2.75) is 27.2 Å².